The number of rotatable bonds is 3. The Morgan fingerprint density at radius 2 is 2.19 bits per heavy atom. The molecule has 2 aliphatic rings. The molecule has 10 heteroatoms. The highest BCUT2D eigenvalue weighted by molar-refractivity contribution is 9.14. The lowest BCUT2D eigenvalue weighted by molar-refractivity contribution is -0.119. The zero-order chi connectivity index (χ0) is 18.5. The van der Waals surface area contributed by atoms with Crippen molar-refractivity contribution in [1.82, 2.24) is 10.3 Å². The maximum absolute atomic E-state index is 13.1. The predicted octanol–water partition coefficient (Wildman–Crippen LogP) is 4.04. The number of carbonyl (C=O) groups is 1. The van der Waals surface area contributed by atoms with Crippen molar-refractivity contribution in [2.75, 3.05) is 0 Å². The Kier molecular flexibility index (Phi) is 4.68. The maximum atomic E-state index is 13.1. The number of halogens is 4. The average molecular weight is 465 g/mol. The minimum atomic E-state index is -4.40. The summed E-state index contributed by atoms with van der Waals surface area (Å²) in [4.78, 5) is 16.3. The van der Waals surface area contributed by atoms with Gasteiger partial charge in [0.2, 0.25) is 11.8 Å². The van der Waals surface area contributed by atoms with Crippen LogP contribution >= 0.6 is 39.0 Å². The molecule has 1 aliphatic heterocycles. The van der Waals surface area contributed by atoms with E-state index in [-0.39, 0.29) is 28.6 Å². The molecule has 1 atom stereocenters. The highest BCUT2D eigenvalue weighted by Crippen LogP contribution is 2.42. The fraction of sp³-hybridized carbons (Fsp3) is 0.375. The molecule has 138 valence electrons. The minimum Gasteiger partial charge on any atom is -0.446 e. The number of hydrogen-bond acceptors (Lipinski definition) is 5. The van der Waals surface area contributed by atoms with Crippen LogP contribution < -0.4 is 15.1 Å². The molecule has 3 heterocycles. The van der Waals surface area contributed by atoms with E-state index < -0.39 is 5.51 Å². The molecular weight excluding hydrogens is 453 g/mol. The van der Waals surface area contributed by atoms with Crippen LogP contribution in [0.1, 0.15) is 37.6 Å². The fourth-order valence-corrected chi connectivity index (χ4v) is 5.85. The van der Waals surface area contributed by atoms with Gasteiger partial charge in [-0.3, -0.25) is 4.79 Å². The van der Waals surface area contributed by atoms with Gasteiger partial charge in [-0.1, -0.05) is 22.0 Å². The van der Waals surface area contributed by atoms with E-state index in [9.17, 15) is 18.0 Å². The highest BCUT2D eigenvalue weighted by Gasteiger charge is 2.34. The van der Waals surface area contributed by atoms with Crippen LogP contribution in [0.15, 0.2) is 15.6 Å². The number of amides is 1. The molecule has 1 saturated heterocycles. The van der Waals surface area contributed by atoms with Crippen LogP contribution in [0.25, 0.3) is 21.1 Å². The lowest BCUT2D eigenvalue weighted by Crippen LogP contribution is -2.24. The topological polar surface area (TPSA) is 55.1 Å². The summed E-state index contributed by atoms with van der Waals surface area (Å²) in [5, 5.41) is 3.35. The van der Waals surface area contributed by atoms with E-state index in [2.05, 4.69) is 26.2 Å². The van der Waals surface area contributed by atoms with Gasteiger partial charge in [-0.2, -0.15) is 13.2 Å². The predicted molar refractivity (Wildman–Crippen MR) is 97.1 cm³/mol. The molecule has 1 aliphatic carbocycles. The van der Waals surface area contributed by atoms with Crippen LogP contribution in [0.5, 0.6) is 0 Å². The van der Waals surface area contributed by atoms with Crippen molar-refractivity contribution < 1.29 is 22.4 Å². The first-order valence-corrected chi connectivity index (χ1v) is 10.3. The number of fused-ring (bicyclic) bond motifs is 1. The largest absolute Gasteiger partial charge is 0.446 e. The lowest BCUT2D eigenvalue weighted by atomic mass is 10.2. The van der Waals surface area contributed by atoms with Crippen molar-refractivity contribution in [3.63, 3.8) is 0 Å². The van der Waals surface area contributed by atoms with Crippen LogP contribution in [0.3, 0.4) is 0 Å². The van der Waals surface area contributed by atoms with Crippen molar-refractivity contribution in [3.05, 3.63) is 21.9 Å². The van der Waals surface area contributed by atoms with Crippen molar-refractivity contribution >= 4 is 55.5 Å². The van der Waals surface area contributed by atoms with Gasteiger partial charge in [-0.05, 0) is 31.0 Å². The summed E-state index contributed by atoms with van der Waals surface area (Å²) in [6.45, 7) is 0. The van der Waals surface area contributed by atoms with Gasteiger partial charge in [0.1, 0.15) is 18.0 Å². The Bertz CT molecular complexity index is 996. The third-order valence-corrected chi connectivity index (χ3v) is 7.46. The average Bonchev–Trinajstić information content (AvgIpc) is 3.25. The zero-order valence-corrected chi connectivity index (χ0v) is 16.4. The smallest absolute Gasteiger partial charge is 0.446 e. The van der Waals surface area contributed by atoms with Gasteiger partial charge in [-0.15, -0.1) is 11.3 Å². The Hall–Kier alpha value is -1.26. The molecule has 4 rings (SSSR count). The Morgan fingerprint density at radius 1 is 1.38 bits per heavy atom. The van der Waals surface area contributed by atoms with E-state index in [1.54, 1.807) is 0 Å². The first-order chi connectivity index (χ1) is 12.3. The van der Waals surface area contributed by atoms with Gasteiger partial charge >= 0.3 is 5.51 Å². The number of thioether (sulfide) groups is 1. The van der Waals surface area contributed by atoms with Gasteiger partial charge in [0.25, 0.3) is 0 Å². The Balaban J connectivity index is 1.81. The quantitative estimate of drug-likeness (QED) is 0.696. The summed E-state index contributed by atoms with van der Waals surface area (Å²) in [6.07, 6.45) is 5.62. The van der Waals surface area contributed by atoms with E-state index in [0.717, 1.165) is 15.4 Å². The molecule has 0 saturated carbocycles. The van der Waals surface area contributed by atoms with Crippen LogP contribution in [0.2, 0.25) is 0 Å². The minimum absolute atomic E-state index is 0.0808. The molecule has 4 nitrogen and oxygen atoms in total. The monoisotopic (exact) mass is 464 g/mol. The number of carbonyl (C=O) groups excluding carboxylic acids is 1. The third-order valence-electron chi connectivity index (χ3n) is 4.12. The molecular formula is C16H12BrF3N2O2S2. The highest BCUT2D eigenvalue weighted by atomic mass is 79.9. The number of aromatic nitrogens is 1. The van der Waals surface area contributed by atoms with Crippen molar-refractivity contribution in [3.8, 4) is 10.6 Å². The number of thiophene rings is 1. The lowest BCUT2D eigenvalue weighted by Gasteiger charge is -2.07. The fourth-order valence-electron chi connectivity index (χ4n) is 3.01. The summed E-state index contributed by atoms with van der Waals surface area (Å²) < 4.78 is 46.5. The third kappa shape index (κ3) is 3.46. The van der Waals surface area contributed by atoms with E-state index >= 15 is 0 Å². The second-order valence-electron chi connectivity index (χ2n) is 5.93. The second-order valence-corrected chi connectivity index (χ2v) is 8.98. The number of hydrogen-bond donors (Lipinski definition) is 1. The normalized spacial score (nSPS) is 20.1. The van der Waals surface area contributed by atoms with Gasteiger partial charge in [-0.25, -0.2) is 4.98 Å². The van der Waals surface area contributed by atoms with Crippen LogP contribution in [0, 0.1) is 0 Å². The number of oxazole rings is 1. The SMILES string of the molecule is O=C1CCC(c2nc(-c3sc4c(c3SC(F)(F)F)=CCCC=4Br)co2)N1. The Morgan fingerprint density at radius 3 is 2.88 bits per heavy atom. The molecule has 1 N–H and O–H groups in total. The summed E-state index contributed by atoms with van der Waals surface area (Å²) in [6, 6.07) is -0.325. The number of nitrogens with zero attached hydrogens (tertiary/aromatic N) is 1. The van der Waals surface area contributed by atoms with Crippen LogP contribution in [0.4, 0.5) is 13.2 Å². The molecule has 0 bridgehead atoms. The summed E-state index contributed by atoms with van der Waals surface area (Å²) in [5.74, 6) is 0.245. The number of alkyl halides is 3. The molecule has 26 heavy (non-hydrogen) atoms. The van der Waals surface area contributed by atoms with Gasteiger partial charge in [0.05, 0.1) is 4.88 Å². The summed E-state index contributed by atoms with van der Waals surface area (Å²) in [5.41, 5.74) is -4.03. The van der Waals surface area contributed by atoms with E-state index in [1.807, 2.05) is 6.08 Å². The number of nitrogens with one attached hydrogen (secondary N) is 1. The molecule has 0 spiro atoms. The summed E-state index contributed by atoms with van der Waals surface area (Å²) >= 11 is 4.63. The second kappa shape index (κ2) is 6.72. The molecule has 1 unspecified atom stereocenters. The van der Waals surface area contributed by atoms with Crippen molar-refractivity contribution in [2.24, 2.45) is 0 Å². The van der Waals surface area contributed by atoms with E-state index in [4.69, 9.17) is 4.42 Å². The molecule has 2 aromatic heterocycles. The zero-order valence-electron chi connectivity index (χ0n) is 13.2. The maximum Gasteiger partial charge on any atom is 0.446 e. The summed E-state index contributed by atoms with van der Waals surface area (Å²) in [7, 11) is 0. The van der Waals surface area contributed by atoms with Gasteiger partial charge in [0.15, 0.2) is 0 Å². The van der Waals surface area contributed by atoms with Gasteiger partial charge < -0.3 is 9.73 Å². The Labute approximate surface area is 162 Å². The van der Waals surface area contributed by atoms with Crippen LogP contribution in [-0.4, -0.2) is 16.4 Å². The van der Waals surface area contributed by atoms with E-state index in [0.29, 0.717) is 40.9 Å². The van der Waals surface area contributed by atoms with Crippen LogP contribution in [-0.2, 0) is 4.79 Å². The molecule has 1 amide bonds. The van der Waals surface area contributed by atoms with Crippen molar-refractivity contribution in [1.29, 1.82) is 0 Å². The molecule has 2 aromatic rings. The van der Waals surface area contributed by atoms with Crippen molar-refractivity contribution in [2.45, 2.75) is 42.1 Å². The molecule has 1 fully saturated rings. The first kappa shape index (κ1) is 18.1. The standard InChI is InChI=1S/C16H12BrF3N2O2S2/c17-8-3-1-2-7-12(8)25-14(13(7)26-16(18,19)20)10-6-24-15(22-10)9-4-5-11(23)21-9/h2,6,9H,1,3-5H2,(H,21,23). The molecule has 0 aromatic carbocycles. The molecule has 0 radical (unpaired) electrons. The van der Waals surface area contributed by atoms with E-state index in [1.165, 1.54) is 17.6 Å². The van der Waals surface area contributed by atoms with Gasteiger partial charge in [0, 0.05) is 25.5 Å². The first-order valence-electron chi connectivity index (χ1n) is 7.84.